The average molecular weight is 215 g/mol. The van der Waals surface area contributed by atoms with Gasteiger partial charge in [0.15, 0.2) is 0 Å². The number of fused-ring (bicyclic) bond motifs is 2. The van der Waals surface area contributed by atoms with Gasteiger partial charge in [0.1, 0.15) is 0 Å². The normalized spacial score (nSPS) is 24.4. The second kappa shape index (κ2) is 4.21. The first-order chi connectivity index (χ1) is 7.84. The minimum Gasteiger partial charge on any atom is -0.324 e. The molecule has 0 aliphatic heterocycles. The summed E-state index contributed by atoms with van der Waals surface area (Å²) in [5, 5.41) is 0. The van der Waals surface area contributed by atoms with Gasteiger partial charge in [-0.2, -0.15) is 0 Å². The topological polar surface area (TPSA) is 26.0 Å². The van der Waals surface area contributed by atoms with Crippen molar-refractivity contribution < 1.29 is 0 Å². The zero-order chi connectivity index (χ0) is 11.0. The Morgan fingerprint density at radius 2 is 1.44 bits per heavy atom. The van der Waals surface area contributed by atoms with Gasteiger partial charge in [-0.25, -0.2) is 0 Å². The van der Waals surface area contributed by atoms with Crippen LogP contribution in [0.4, 0.5) is 0 Å². The Morgan fingerprint density at radius 1 is 0.812 bits per heavy atom. The summed E-state index contributed by atoms with van der Waals surface area (Å²) >= 11 is 0. The van der Waals surface area contributed by atoms with Gasteiger partial charge in [-0.05, 0) is 67.2 Å². The maximum atomic E-state index is 6.28. The van der Waals surface area contributed by atoms with E-state index < -0.39 is 0 Å². The van der Waals surface area contributed by atoms with Crippen LogP contribution in [0.15, 0.2) is 12.1 Å². The molecular formula is C15H21N. The molecule has 86 valence electrons. The summed E-state index contributed by atoms with van der Waals surface area (Å²) in [6.45, 7) is 0. The first kappa shape index (κ1) is 10.3. The fourth-order valence-corrected chi connectivity index (χ4v) is 3.25. The lowest BCUT2D eigenvalue weighted by molar-refractivity contribution is 0.613. The fraction of sp³-hybridized carbons (Fsp3) is 0.600. The maximum Gasteiger partial charge on any atom is 0.0297 e. The standard InChI is InChI=1S/C15H21N/c16-15-8-4-3-7-13-9-11-5-1-2-6-12(11)10-14(13)15/h9-10,15H,1-8,16H2/t15-/m0/s1. The average Bonchev–Trinajstić information content (AvgIpc) is 2.49. The molecule has 0 fully saturated rings. The van der Waals surface area contributed by atoms with E-state index in [1.165, 1.54) is 56.9 Å². The van der Waals surface area contributed by atoms with Crippen molar-refractivity contribution >= 4 is 0 Å². The highest BCUT2D eigenvalue weighted by Crippen LogP contribution is 2.32. The Labute approximate surface area is 98.0 Å². The monoisotopic (exact) mass is 215 g/mol. The molecule has 3 rings (SSSR count). The number of rotatable bonds is 0. The van der Waals surface area contributed by atoms with Gasteiger partial charge in [0.05, 0.1) is 0 Å². The summed E-state index contributed by atoms with van der Waals surface area (Å²) in [6, 6.07) is 5.19. The molecule has 0 aromatic heterocycles. The molecule has 16 heavy (non-hydrogen) atoms. The van der Waals surface area contributed by atoms with Gasteiger partial charge < -0.3 is 5.73 Å². The molecular weight excluding hydrogens is 194 g/mol. The first-order valence-corrected chi connectivity index (χ1v) is 6.75. The van der Waals surface area contributed by atoms with Crippen LogP contribution in [0, 0.1) is 0 Å². The van der Waals surface area contributed by atoms with Crippen LogP contribution in [0.5, 0.6) is 0 Å². The fourth-order valence-electron chi connectivity index (χ4n) is 3.25. The molecule has 1 aromatic carbocycles. The Kier molecular flexibility index (Phi) is 2.72. The third-order valence-corrected chi connectivity index (χ3v) is 4.21. The van der Waals surface area contributed by atoms with Crippen molar-refractivity contribution in [3.8, 4) is 0 Å². The molecule has 1 atom stereocenters. The summed E-state index contributed by atoms with van der Waals surface area (Å²) < 4.78 is 0. The molecule has 0 unspecified atom stereocenters. The van der Waals surface area contributed by atoms with Crippen molar-refractivity contribution in [3.63, 3.8) is 0 Å². The van der Waals surface area contributed by atoms with Crippen LogP contribution in [0.25, 0.3) is 0 Å². The minimum absolute atomic E-state index is 0.296. The number of hydrogen-bond donors (Lipinski definition) is 1. The molecule has 0 radical (unpaired) electrons. The van der Waals surface area contributed by atoms with Gasteiger partial charge in [-0.3, -0.25) is 0 Å². The predicted octanol–water partition coefficient (Wildman–Crippen LogP) is 3.29. The van der Waals surface area contributed by atoms with E-state index in [0.29, 0.717) is 6.04 Å². The van der Waals surface area contributed by atoms with Crippen LogP contribution in [-0.2, 0) is 19.3 Å². The van der Waals surface area contributed by atoms with Gasteiger partial charge in [-0.1, -0.05) is 18.6 Å². The van der Waals surface area contributed by atoms with E-state index in [1.54, 1.807) is 16.7 Å². The van der Waals surface area contributed by atoms with Gasteiger partial charge in [0, 0.05) is 6.04 Å². The van der Waals surface area contributed by atoms with E-state index in [1.807, 2.05) is 0 Å². The van der Waals surface area contributed by atoms with Crippen molar-refractivity contribution in [2.75, 3.05) is 0 Å². The molecule has 0 amide bonds. The highest BCUT2D eigenvalue weighted by atomic mass is 14.6. The van der Waals surface area contributed by atoms with Crippen LogP contribution in [0.2, 0.25) is 0 Å². The van der Waals surface area contributed by atoms with E-state index in [4.69, 9.17) is 5.73 Å². The maximum absolute atomic E-state index is 6.28. The van der Waals surface area contributed by atoms with E-state index >= 15 is 0 Å². The SMILES string of the molecule is N[C@H]1CCCCc2cc3c(cc21)CCCC3. The molecule has 1 nitrogen and oxygen atoms in total. The van der Waals surface area contributed by atoms with Crippen molar-refractivity contribution in [1.82, 2.24) is 0 Å². The predicted molar refractivity (Wildman–Crippen MR) is 67.6 cm³/mol. The van der Waals surface area contributed by atoms with Crippen molar-refractivity contribution in [1.29, 1.82) is 0 Å². The highest BCUT2D eigenvalue weighted by molar-refractivity contribution is 5.41. The molecule has 0 heterocycles. The lowest BCUT2D eigenvalue weighted by atomic mass is 9.86. The largest absolute Gasteiger partial charge is 0.324 e. The number of nitrogens with two attached hydrogens (primary N) is 1. The van der Waals surface area contributed by atoms with Crippen LogP contribution in [0.1, 0.15) is 60.4 Å². The van der Waals surface area contributed by atoms with E-state index in [-0.39, 0.29) is 0 Å². The smallest absolute Gasteiger partial charge is 0.0297 e. The lowest BCUT2D eigenvalue weighted by Crippen LogP contribution is -2.13. The lowest BCUT2D eigenvalue weighted by Gasteiger charge is -2.21. The van der Waals surface area contributed by atoms with E-state index in [2.05, 4.69) is 12.1 Å². The Bertz CT molecular complexity index is 395. The Balaban J connectivity index is 2.06. The number of aryl methyl sites for hydroxylation is 3. The van der Waals surface area contributed by atoms with Crippen molar-refractivity contribution in [2.24, 2.45) is 5.73 Å². The van der Waals surface area contributed by atoms with Gasteiger partial charge in [0.2, 0.25) is 0 Å². The summed E-state index contributed by atoms with van der Waals surface area (Å²) in [7, 11) is 0. The summed E-state index contributed by atoms with van der Waals surface area (Å²) in [5.41, 5.74) is 12.5. The Morgan fingerprint density at radius 3 is 2.25 bits per heavy atom. The van der Waals surface area contributed by atoms with Crippen molar-refractivity contribution in [2.45, 2.75) is 57.4 Å². The molecule has 1 aromatic rings. The zero-order valence-electron chi connectivity index (χ0n) is 9.97. The molecule has 2 aliphatic rings. The zero-order valence-corrected chi connectivity index (χ0v) is 9.97. The molecule has 2 N–H and O–H groups in total. The minimum atomic E-state index is 0.296. The third-order valence-electron chi connectivity index (χ3n) is 4.21. The molecule has 1 heteroatoms. The van der Waals surface area contributed by atoms with Crippen LogP contribution < -0.4 is 5.73 Å². The highest BCUT2D eigenvalue weighted by Gasteiger charge is 2.19. The third kappa shape index (κ3) is 1.78. The first-order valence-electron chi connectivity index (χ1n) is 6.75. The van der Waals surface area contributed by atoms with E-state index in [0.717, 1.165) is 0 Å². The number of benzene rings is 1. The molecule has 0 spiro atoms. The van der Waals surface area contributed by atoms with Gasteiger partial charge in [-0.15, -0.1) is 0 Å². The van der Waals surface area contributed by atoms with Crippen molar-refractivity contribution in [3.05, 3.63) is 34.4 Å². The van der Waals surface area contributed by atoms with Crippen LogP contribution in [0.3, 0.4) is 0 Å². The molecule has 2 aliphatic carbocycles. The molecule has 0 saturated heterocycles. The second-order valence-corrected chi connectivity index (χ2v) is 5.38. The van der Waals surface area contributed by atoms with Crippen LogP contribution in [-0.4, -0.2) is 0 Å². The summed E-state index contributed by atoms with van der Waals surface area (Å²) in [5.74, 6) is 0. The quantitative estimate of drug-likeness (QED) is 0.660. The van der Waals surface area contributed by atoms with Gasteiger partial charge >= 0.3 is 0 Å². The second-order valence-electron chi connectivity index (χ2n) is 5.38. The summed E-state index contributed by atoms with van der Waals surface area (Å²) in [6.07, 6.45) is 10.3. The van der Waals surface area contributed by atoms with Crippen LogP contribution >= 0.6 is 0 Å². The number of hydrogen-bond acceptors (Lipinski definition) is 1. The summed E-state index contributed by atoms with van der Waals surface area (Å²) in [4.78, 5) is 0. The van der Waals surface area contributed by atoms with E-state index in [9.17, 15) is 0 Å². The molecule has 0 bridgehead atoms. The Hall–Kier alpha value is -0.820. The van der Waals surface area contributed by atoms with Gasteiger partial charge in [0.25, 0.3) is 0 Å². The molecule has 0 saturated carbocycles.